The zero-order valence-electron chi connectivity index (χ0n) is 49.8. The molecule has 2 bridgehead atoms. The molecular formula is C65H129N5O2. The Hall–Kier alpha value is -1.18. The Morgan fingerprint density at radius 2 is 0.472 bits per heavy atom. The number of hydrogen-bond donors (Lipinski definition) is 0. The van der Waals surface area contributed by atoms with Crippen LogP contribution in [0.4, 0.5) is 0 Å². The molecule has 1 unspecified atom stereocenters. The summed E-state index contributed by atoms with van der Waals surface area (Å²) in [7, 11) is 0. The van der Waals surface area contributed by atoms with E-state index in [1.54, 1.807) is 0 Å². The Labute approximate surface area is 451 Å². The van der Waals surface area contributed by atoms with Crippen LogP contribution in [0.3, 0.4) is 0 Å². The summed E-state index contributed by atoms with van der Waals surface area (Å²) in [5.74, 6) is 0.630. The molecule has 0 aromatic carbocycles. The van der Waals surface area contributed by atoms with Crippen molar-refractivity contribution in [3.63, 3.8) is 0 Å². The van der Waals surface area contributed by atoms with Crippen LogP contribution in [0.2, 0.25) is 0 Å². The lowest BCUT2D eigenvalue weighted by Crippen LogP contribution is -2.54. The van der Waals surface area contributed by atoms with Crippen LogP contribution < -0.4 is 0 Å². The highest BCUT2D eigenvalue weighted by Gasteiger charge is 2.47. The quantitative estimate of drug-likeness (QED) is 0.0568. The summed E-state index contributed by atoms with van der Waals surface area (Å²) in [4.78, 5) is 40.7. The number of nitrogens with zero attached hydrogens (tertiary/aromatic N) is 5. The molecule has 2 atom stereocenters. The molecule has 2 heterocycles. The highest BCUT2D eigenvalue weighted by atomic mass is 16.2. The van der Waals surface area contributed by atoms with Gasteiger partial charge in [0.25, 0.3) is 0 Å². The maximum Gasteiger partial charge on any atom is 0.237 e. The molecule has 7 heteroatoms. The number of hydrogen-bond acceptors (Lipinski definition) is 5. The van der Waals surface area contributed by atoms with Gasteiger partial charge in [-0.15, -0.1) is 0 Å². The third-order valence-electron chi connectivity index (χ3n) is 17.0. The second kappa shape index (κ2) is 49.4. The van der Waals surface area contributed by atoms with Crippen molar-refractivity contribution in [1.82, 2.24) is 24.5 Å². The predicted molar refractivity (Wildman–Crippen MR) is 316 cm³/mol. The van der Waals surface area contributed by atoms with Gasteiger partial charge in [0.15, 0.2) is 0 Å². The van der Waals surface area contributed by atoms with E-state index in [9.17, 15) is 9.59 Å². The molecule has 2 amide bonds. The molecule has 72 heavy (non-hydrogen) atoms. The average Bonchev–Trinajstić information content (AvgIpc) is 4.01. The summed E-state index contributed by atoms with van der Waals surface area (Å²) >= 11 is 0. The molecule has 0 spiro atoms. The van der Waals surface area contributed by atoms with E-state index in [4.69, 9.17) is 0 Å². The summed E-state index contributed by atoms with van der Waals surface area (Å²) in [6.45, 7) is 21.7. The second-order valence-electron chi connectivity index (χ2n) is 23.8. The molecule has 2 fully saturated rings. The Bertz CT molecular complexity index is 1140. The maximum atomic E-state index is 14.4. The van der Waals surface area contributed by atoms with Gasteiger partial charge in [-0.1, -0.05) is 285 Å². The van der Waals surface area contributed by atoms with Gasteiger partial charge in [0, 0.05) is 26.2 Å². The fourth-order valence-corrected chi connectivity index (χ4v) is 12.1. The van der Waals surface area contributed by atoms with Crippen molar-refractivity contribution in [3.8, 4) is 0 Å². The highest BCUT2D eigenvalue weighted by molar-refractivity contribution is 5.82. The van der Waals surface area contributed by atoms with Gasteiger partial charge in [-0.05, 0) is 71.2 Å². The predicted octanol–water partition coefficient (Wildman–Crippen LogP) is 18.0. The second-order valence-corrected chi connectivity index (χ2v) is 23.8. The minimum atomic E-state index is 0.189. The van der Waals surface area contributed by atoms with E-state index in [-0.39, 0.29) is 12.1 Å². The zero-order valence-corrected chi connectivity index (χ0v) is 49.8. The molecule has 2 aliphatic rings. The fraction of sp³-hybridized carbons (Fsp3) is 0.969. The summed E-state index contributed by atoms with van der Waals surface area (Å²) in [6, 6.07) is 0.382. The first-order valence-electron chi connectivity index (χ1n) is 33.2. The SMILES string of the molecule is CCCCCCCCCCCCN(CCCCCCCCCCCC)CCN(CCCCCCCCCCCC)CC(=O)N1C[C@H]2CC1CN2C(=O)CN(CCCCCCCCC)CCCCCCCCC. The minimum Gasteiger partial charge on any atom is -0.335 e. The molecule has 426 valence electrons. The third kappa shape index (κ3) is 36.0. The monoisotopic (exact) mass is 1010 g/mol. The van der Waals surface area contributed by atoms with Gasteiger partial charge in [-0.2, -0.15) is 0 Å². The summed E-state index contributed by atoms with van der Waals surface area (Å²) < 4.78 is 0. The van der Waals surface area contributed by atoms with Gasteiger partial charge in [0.2, 0.25) is 11.8 Å². The van der Waals surface area contributed by atoms with Crippen molar-refractivity contribution in [2.45, 2.75) is 336 Å². The van der Waals surface area contributed by atoms with Crippen LogP contribution in [0, 0.1) is 0 Å². The van der Waals surface area contributed by atoms with Crippen molar-refractivity contribution >= 4 is 11.8 Å². The summed E-state index contributed by atoms with van der Waals surface area (Å²) in [5, 5.41) is 0. The lowest BCUT2D eigenvalue weighted by atomic mass is 10.1. The van der Waals surface area contributed by atoms with Gasteiger partial charge in [-0.3, -0.25) is 19.4 Å². The number of likely N-dealkylation sites (tertiary alicyclic amines) is 2. The number of amides is 2. The summed E-state index contributed by atoms with van der Waals surface area (Å²) in [5.41, 5.74) is 0. The van der Waals surface area contributed by atoms with Crippen LogP contribution in [0.5, 0.6) is 0 Å². The Kier molecular flexibility index (Phi) is 45.9. The number of rotatable bonds is 56. The number of carbonyl (C=O) groups excluding carboxylic acids is 2. The van der Waals surface area contributed by atoms with Crippen LogP contribution in [-0.2, 0) is 9.59 Å². The Morgan fingerprint density at radius 3 is 0.708 bits per heavy atom. The Balaban J connectivity index is 1.99. The number of fused-ring (bicyclic) bond motifs is 2. The van der Waals surface area contributed by atoms with E-state index in [2.05, 4.69) is 59.1 Å². The van der Waals surface area contributed by atoms with Crippen LogP contribution in [0.15, 0.2) is 0 Å². The van der Waals surface area contributed by atoms with Crippen molar-refractivity contribution in [3.05, 3.63) is 0 Å². The zero-order chi connectivity index (χ0) is 51.8. The largest absolute Gasteiger partial charge is 0.335 e. The van der Waals surface area contributed by atoms with Gasteiger partial charge >= 0.3 is 0 Å². The average molecular weight is 1010 g/mol. The molecule has 0 aromatic heterocycles. The lowest BCUT2D eigenvalue weighted by molar-refractivity contribution is -0.141. The number of carbonyl (C=O) groups is 2. The minimum absolute atomic E-state index is 0.189. The molecule has 7 nitrogen and oxygen atoms in total. The van der Waals surface area contributed by atoms with Gasteiger partial charge in [0.1, 0.15) is 0 Å². The van der Waals surface area contributed by atoms with Crippen LogP contribution in [0.25, 0.3) is 0 Å². The standard InChI is InChI=1S/C65H129N5O2/c1-6-11-16-21-26-29-32-37-40-45-50-66(51-46-41-38-33-30-27-22-17-12-7-2)55-56-68(54-49-44-39-34-31-28-23-18-13-8-3)61-65(72)70-59-62-57-63(70)58-69(62)64(71)60-67(52-47-42-35-24-19-14-9-4)53-48-43-36-25-20-15-10-5/h62-63H,6-61H2,1-5H3/t62-,63?/m1/s1. The normalized spacial score (nSPS) is 15.7. The Morgan fingerprint density at radius 1 is 0.278 bits per heavy atom. The van der Waals surface area contributed by atoms with Crippen molar-refractivity contribution in [2.75, 3.05) is 72.0 Å². The van der Waals surface area contributed by atoms with Crippen molar-refractivity contribution in [2.24, 2.45) is 0 Å². The molecule has 0 aliphatic carbocycles. The van der Waals surface area contributed by atoms with Crippen LogP contribution in [-0.4, -0.2) is 120 Å². The fourth-order valence-electron chi connectivity index (χ4n) is 12.1. The van der Waals surface area contributed by atoms with Crippen molar-refractivity contribution < 1.29 is 9.59 Å². The topological polar surface area (TPSA) is 50.3 Å². The van der Waals surface area contributed by atoms with E-state index in [0.29, 0.717) is 24.9 Å². The first-order valence-corrected chi connectivity index (χ1v) is 33.2. The van der Waals surface area contributed by atoms with Gasteiger partial charge < -0.3 is 14.7 Å². The molecule has 0 aromatic rings. The van der Waals surface area contributed by atoms with Crippen LogP contribution in [0.1, 0.15) is 324 Å². The van der Waals surface area contributed by atoms with Crippen molar-refractivity contribution in [1.29, 1.82) is 0 Å². The van der Waals surface area contributed by atoms with E-state index >= 15 is 0 Å². The molecule has 2 saturated heterocycles. The number of unbranched alkanes of at least 4 members (excludes halogenated alkanes) is 39. The molecular weight excluding hydrogens is 883 g/mol. The van der Waals surface area contributed by atoms with Gasteiger partial charge in [-0.25, -0.2) is 0 Å². The van der Waals surface area contributed by atoms with E-state index in [0.717, 1.165) is 52.2 Å². The first kappa shape index (κ1) is 66.9. The maximum absolute atomic E-state index is 14.4. The van der Waals surface area contributed by atoms with Crippen LogP contribution >= 0.6 is 0 Å². The molecule has 0 radical (unpaired) electrons. The molecule has 0 N–H and O–H groups in total. The van der Waals surface area contributed by atoms with E-state index in [1.807, 2.05) is 0 Å². The molecule has 2 aliphatic heterocycles. The lowest BCUT2D eigenvalue weighted by Gasteiger charge is -2.36. The van der Waals surface area contributed by atoms with E-state index < -0.39 is 0 Å². The molecule has 2 rings (SSSR count). The first-order chi connectivity index (χ1) is 35.5. The summed E-state index contributed by atoms with van der Waals surface area (Å²) in [6.07, 6.45) is 60.5. The smallest absolute Gasteiger partial charge is 0.237 e. The molecule has 0 saturated carbocycles. The number of piperazine rings is 1. The third-order valence-corrected chi connectivity index (χ3v) is 17.0. The van der Waals surface area contributed by atoms with Gasteiger partial charge in [0.05, 0.1) is 25.2 Å². The van der Waals surface area contributed by atoms with E-state index in [1.165, 1.54) is 296 Å². The highest BCUT2D eigenvalue weighted by Crippen LogP contribution is 2.31.